The standard InChI is InChI=1S/C22H27N3O7S2/c1-3-32-22-12-9-18(16-23-22)33(27,28)24-21(26)11-8-17-7-10-19(31-2)20(15-17)34(29,30)25-13-5-4-6-14-25/h7-12,15-16H,3-6,13-14H2,1-2H3,(H,24,26)/b11-8+. The summed E-state index contributed by atoms with van der Waals surface area (Å²) in [6.45, 7) is 3.03. The minimum Gasteiger partial charge on any atom is -0.495 e. The number of benzene rings is 1. The van der Waals surface area contributed by atoms with Crippen LogP contribution >= 0.6 is 0 Å². The molecule has 1 fully saturated rings. The average Bonchev–Trinajstić information content (AvgIpc) is 2.83. The lowest BCUT2D eigenvalue weighted by Gasteiger charge is -2.26. The summed E-state index contributed by atoms with van der Waals surface area (Å²) in [5.74, 6) is -0.439. The molecular formula is C22H27N3O7S2. The third-order valence-corrected chi connectivity index (χ3v) is 8.35. The molecule has 0 atom stereocenters. The van der Waals surface area contributed by atoms with Crippen molar-refractivity contribution in [2.75, 3.05) is 26.8 Å². The number of nitrogens with one attached hydrogen (secondary N) is 1. The third-order valence-electron chi connectivity index (χ3n) is 5.09. The number of carbonyl (C=O) groups excluding carboxylic acids is 1. The van der Waals surface area contributed by atoms with E-state index < -0.39 is 26.0 Å². The molecule has 1 amide bonds. The van der Waals surface area contributed by atoms with Crippen LogP contribution in [0.5, 0.6) is 11.6 Å². The van der Waals surface area contributed by atoms with Crippen molar-refractivity contribution < 1.29 is 31.1 Å². The summed E-state index contributed by atoms with van der Waals surface area (Å²) in [7, 11) is -6.54. The number of rotatable bonds is 9. The fourth-order valence-corrected chi connectivity index (χ4v) is 6.00. The van der Waals surface area contributed by atoms with Crippen molar-refractivity contribution >= 4 is 32.0 Å². The van der Waals surface area contributed by atoms with Gasteiger partial charge in [-0.25, -0.2) is 26.5 Å². The summed E-state index contributed by atoms with van der Waals surface area (Å²) in [5.41, 5.74) is 0.395. The number of hydrogen-bond acceptors (Lipinski definition) is 8. The summed E-state index contributed by atoms with van der Waals surface area (Å²) in [4.78, 5) is 15.9. The lowest BCUT2D eigenvalue weighted by Crippen LogP contribution is -2.35. The number of sulfonamides is 2. The predicted octanol–water partition coefficient (Wildman–Crippen LogP) is 2.18. The number of amides is 1. The number of methoxy groups -OCH3 is 1. The lowest BCUT2D eigenvalue weighted by molar-refractivity contribution is -0.114. The van der Waals surface area contributed by atoms with Crippen LogP contribution in [-0.2, 0) is 24.8 Å². The molecule has 0 radical (unpaired) electrons. The largest absolute Gasteiger partial charge is 0.495 e. The maximum Gasteiger partial charge on any atom is 0.265 e. The van der Waals surface area contributed by atoms with Crippen molar-refractivity contribution in [2.24, 2.45) is 0 Å². The Morgan fingerprint density at radius 3 is 2.47 bits per heavy atom. The lowest BCUT2D eigenvalue weighted by atomic mass is 10.2. The van der Waals surface area contributed by atoms with Crippen molar-refractivity contribution in [3.63, 3.8) is 0 Å². The highest BCUT2D eigenvalue weighted by Gasteiger charge is 2.29. The van der Waals surface area contributed by atoms with E-state index in [1.54, 1.807) is 13.0 Å². The zero-order valence-electron chi connectivity index (χ0n) is 18.9. The quantitative estimate of drug-likeness (QED) is 0.509. The molecule has 1 aliphatic heterocycles. The number of carbonyl (C=O) groups is 1. The second-order valence-corrected chi connectivity index (χ2v) is 11.0. The van der Waals surface area contributed by atoms with Crippen molar-refractivity contribution in [1.29, 1.82) is 0 Å². The van der Waals surface area contributed by atoms with Crippen LogP contribution < -0.4 is 14.2 Å². The highest BCUT2D eigenvalue weighted by atomic mass is 32.2. The van der Waals surface area contributed by atoms with Crippen molar-refractivity contribution in [3.8, 4) is 11.6 Å². The van der Waals surface area contributed by atoms with Gasteiger partial charge in [0, 0.05) is 25.2 Å². The Morgan fingerprint density at radius 2 is 1.85 bits per heavy atom. The van der Waals surface area contributed by atoms with E-state index in [1.807, 2.05) is 4.72 Å². The Balaban J connectivity index is 1.77. The molecule has 34 heavy (non-hydrogen) atoms. The first kappa shape index (κ1) is 25.7. The Morgan fingerprint density at radius 1 is 1.12 bits per heavy atom. The average molecular weight is 510 g/mol. The third kappa shape index (κ3) is 6.13. The molecule has 0 spiro atoms. The first-order valence-corrected chi connectivity index (χ1v) is 13.6. The molecule has 3 rings (SSSR count). The minimum atomic E-state index is -4.14. The summed E-state index contributed by atoms with van der Waals surface area (Å²) in [6, 6.07) is 7.13. The van der Waals surface area contributed by atoms with Crippen LogP contribution in [0.25, 0.3) is 6.08 Å². The van der Waals surface area contributed by atoms with E-state index in [0.29, 0.717) is 25.3 Å². The van der Waals surface area contributed by atoms with Gasteiger partial charge in [0.15, 0.2) is 0 Å². The van der Waals surface area contributed by atoms with Gasteiger partial charge in [0.25, 0.3) is 15.9 Å². The number of hydrogen-bond donors (Lipinski definition) is 1. The van der Waals surface area contributed by atoms with Crippen LogP contribution in [0.1, 0.15) is 31.7 Å². The number of nitrogens with zero attached hydrogens (tertiary/aromatic N) is 2. The highest BCUT2D eigenvalue weighted by Crippen LogP contribution is 2.30. The molecule has 1 aromatic carbocycles. The van der Waals surface area contributed by atoms with Crippen LogP contribution in [0.3, 0.4) is 0 Å². The number of piperidine rings is 1. The van der Waals surface area contributed by atoms with E-state index in [9.17, 15) is 21.6 Å². The van der Waals surface area contributed by atoms with Crippen molar-refractivity contribution in [3.05, 3.63) is 48.2 Å². The Kier molecular flexibility index (Phi) is 8.28. The van der Waals surface area contributed by atoms with Gasteiger partial charge in [0.1, 0.15) is 15.5 Å². The van der Waals surface area contributed by atoms with Gasteiger partial charge in [0.05, 0.1) is 19.9 Å². The summed E-state index contributed by atoms with van der Waals surface area (Å²) < 4.78 is 64.8. The van der Waals surface area contributed by atoms with E-state index in [-0.39, 0.29) is 21.4 Å². The summed E-state index contributed by atoms with van der Waals surface area (Å²) in [5, 5.41) is 0. The minimum absolute atomic E-state index is 0.00691. The molecule has 184 valence electrons. The first-order valence-electron chi connectivity index (χ1n) is 10.7. The molecule has 0 unspecified atom stereocenters. The predicted molar refractivity (Wildman–Crippen MR) is 125 cm³/mol. The van der Waals surface area contributed by atoms with Gasteiger partial charge in [-0.2, -0.15) is 4.31 Å². The highest BCUT2D eigenvalue weighted by molar-refractivity contribution is 7.90. The summed E-state index contributed by atoms with van der Waals surface area (Å²) in [6.07, 6.45) is 6.00. The van der Waals surface area contributed by atoms with Crippen LogP contribution in [0.4, 0.5) is 0 Å². The second kappa shape index (κ2) is 11.0. The van der Waals surface area contributed by atoms with Crippen LogP contribution in [0.15, 0.2) is 52.4 Å². The van der Waals surface area contributed by atoms with Gasteiger partial charge in [-0.15, -0.1) is 0 Å². The van der Waals surface area contributed by atoms with Gasteiger partial charge < -0.3 is 9.47 Å². The maximum absolute atomic E-state index is 13.1. The number of pyridine rings is 1. The summed E-state index contributed by atoms with van der Waals surface area (Å²) >= 11 is 0. The van der Waals surface area contributed by atoms with Crippen LogP contribution in [-0.4, -0.2) is 58.8 Å². The topological polar surface area (TPSA) is 132 Å². The molecular weight excluding hydrogens is 482 g/mol. The molecule has 2 aromatic rings. The van der Waals surface area contributed by atoms with E-state index in [2.05, 4.69) is 4.98 Å². The Bertz CT molecular complexity index is 1250. The smallest absolute Gasteiger partial charge is 0.265 e. The molecule has 10 nitrogen and oxygen atoms in total. The fourth-order valence-electron chi connectivity index (χ4n) is 3.40. The van der Waals surface area contributed by atoms with E-state index in [4.69, 9.17) is 9.47 Å². The maximum atomic E-state index is 13.1. The SMILES string of the molecule is CCOc1ccc(S(=O)(=O)NC(=O)/C=C/c2ccc(OC)c(S(=O)(=O)N3CCCCC3)c2)cn1. The van der Waals surface area contributed by atoms with E-state index >= 15 is 0 Å². The zero-order chi connectivity index (χ0) is 24.8. The molecule has 1 saturated heterocycles. The normalized spacial score (nSPS) is 15.2. The van der Waals surface area contributed by atoms with Gasteiger partial charge in [-0.05, 0) is 49.6 Å². The molecule has 1 N–H and O–H groups in total. The monoisotopic (exact) mass is 509 g/mol. The number of ether oxygens (including phenoxy) is 2. The van der Waals surface area contributed by atoms with E-state index in [0.717, 1.165) is 31.5 Å². The molecule has 1 aliphatic rings. The van der Waals surface area contributed by atoms with Gasteiger partial charge in [0.2, 0.25) is 15.9 Å². The first-order chi connectivity index (χ1) is 16.2. The van der Waals surface area contributed by atoms with Crippen LogP contribution in [0.2, 0.25) is 0 Å². The fraction of sp³-hybridized carbons (Fsp3) is 0.364. The number of aromatic nitrogens is 1. The molecule has 0 saturated carbocycles. The van der Waals surface area contributed by atoms with Crippen molar-refractivity contribution in [2.45, 2.75) is 36.0 Å². The Labute approximate surface area is 199 Å². The molecule has 0 bridgehead atoms. The van der Waals surface area contributed by atoms with Gasteiger partial charge >= 0.3 is 0 Å². The van der Waals surface area contributed by atoms with Gasteiger partial charge in [-0.1, -0.05) is 12.5 Å². The molecule has 2 heterocycles. The second-order valence-electron chi connectivity index (χ2n) is 7.44. The zero-order valence-corrected chi connectivity index (χ0v) is 20.6. The molecule has 0 aliphatic carbocycles. The van der Waals surface area contributed by atoms with Crippen LogP contribution in [0, 0.1) is 0 Å². The Hall–Kier alpha value is -2.96. The van der Waals surface area contributed by atoms with E-state index in [1.165, 1.54) is 41.8 Å². The molecule has 12 heteroatoms. The van der Waals surface area contributed by atoms with Gasteiger partial charge in [-0.3, -0.25) is 4.79 Å². The van der Waals surface area contributed by atoms with Crippen molar-refractivity contribution in [1.82, 2.24) is 14.0 Å². The molecule has 1 aromatic heterocycles.